The maximum absolute atomic E-state index is 12.1. The molecule has 0 radical (unpaired) electrons. The molecule has 2 aromatic rings. The highest BCUT2D eigenvalue weighted by Gasteiger charge is 2.18. The molecule has 1 aromatic heterocycles. The van der Waals surface area contributed by atoms with Crippen molar-refractivity contribution in [1.29, 1.82) is 0 Å². The van der Waals surface area contributed by atoms with Crippen LogP contribution in [0.3, 0.4) is 0 Å². The van der Waals surface area contributed by atoms with Crippen LogP contribution in [0.25, 0.3) is 0 Å². The van der Waals surface area contributed by atoms with E-state index in [4.69, 9.17) is 16.0 Å². The van der Waals surface area contributed by atoms with Crippen LogP contribution in [0, 0.1) is 0 Å². The molecule has 0 amide bonds. The van der Waals surface area contributed by atoms with Crippen molar-refractivity contribution in [3.8, 4) is 0 Å². The van der Waals surface area contributed by atoms with Gasteiger partial charge >= 0.3 is 0 Å². The van der Waals surface area contributed by atoms with Gasteiger partial charge in [-0.25, -0.2) is 13.1 Å². The number of nitrogens with one attached hydrogen (secondary N) is 2. The van der Waals surface area contributed by atoms with Crippen molar-refractivity contribution in [1.82, 2.24) is 10.0 Å². The molecule has 0 spiro atoms. The summed E-state index contributed by atoms with van der Waals surface area (Å²) in [5.74, 6) is 0.583. The van der Waals surface area contributed by atoms with Crippen LogP contribution in [0.15, 0.2) is 45.9 Å². The maximum Gasteiger partial charge on any atom is 0.274 e. The average molecular weight is 329 g/mol. The number of halogens is 1. The van der Waals surface area contributed by atoms with E-state index in [-0.39, 0.29) is 11.6 Å². The Bertz CT molecular complexity index is 698. The van der Waals surface area contributed by atoms with E-state index in [1.54, 1.807) is 30.3 Å². The first kappa shape index (κ1) is 16.0. The average Bonchev–Trinajstić information content (AvgIpc) is 2.93. The Hall–Kier alpha value is -1.34. The molecule has 5 nitrogen and oxygen atoms in total. The summed E-state index contributed by atoms with van der Waals surface area (Å²) in [6, 6.07) is 10.1. The van der Waals surface area contributed by atoms with Crippen LogP contribution in [0.5, 0.6) is 0 Å². The van der Waals surface area contributed by atoms with Crippen LogP contribution in [0.1, 0.15) is 18.2 Å². The van der Waals surface area contributed by atoms with E-state index in [1.165, 1.54) is 6.07 Å². The lowest BCUT2D eigenvalue weighted by atomic mass is 10.2. The van der Waals surface area contributed by atoms with Crippen molar-refractivity contribution >= 4 is 21.6 Å². The molecule has 0 aliphatic heterocycles. The highest BCUT2D eigenvalue weighted by atomic mass is 35.5. The summed E-state index contributed by atoms with van der Waals surface area (Å²) in [7, 11) is -3.66. The zero-order valence-corrected chi connectivity index (χ0v) is 13.2. The van der Waals surface area contributed by atoms with Gasteiger partial charge in [0.25, 0.3) is 10.0 Å². The molecule has 0 bridgehead atoms. The second kappa shape index (κ2) is 7.09. The highest BCUT2D eigenvalue weighted by Crippen LogP contribution is 2.15. The van der Waals surface area contributed by atoms with Crippen LogP contribution < -0.4 is 10.0 Å². The van der Waals surface area contributed by atoms with Gasteiger partial charge in [0.2, 0.25) is 5.09 Å². The van der Waals surface area contributed by atoms with E-state index in [1.807, 2.05) is 6.92 Å². The molecule has 0 aliphatic rings. The molecule has 0 fully saturated rings. The fourth-order valence-electron chi connectivity index (χ4n) is 1.74. The first-order valence-electron chi connectivity index (χ1n) is 6.55. The second-order valence-electron chi connectivity index (χ2n) is 4.46. The van der Waals surface area contributed by atoms with Gasteiger partial charge in [-0.15, -0.1) is 0 Å². The van der Waals surface area contributed by atoms with Gasteiger partial charge in [-0.3, -0.25) is 0 Å². The summed E-state index contributed by atoms with van der Waals surface area (Å²) in [4.78, 5) is 0. The van der Waals surface area contributed by atoms with Gasteiger partial charge in [0, 0.05) is 11.6 Å². The molecular weight excluding hydrogens is 312 g/mol. The lowest BCUT2D eigenvalue weighted by Gasteiger charge is -2.05. The first-order chi connectivity index (χ1) is 10.0. The largest absolute Gasteiger partial charge is 0.447 e. The molecule has 0 saturated carbocycles. The van der Waals surface area contributed by atoms with Crippen LogP contribution in [-0.4, -0.2) is 15.0 Å². The van der Waals surface area contributed by atoms with E-state index in [9.17, 15) is 8.42 Å². The third-order valence-electron chi connectivity index (χ3n) is 2.81. The minimum atomic E-state index is -3.66. The van der Waals surface area contributed by atoms with Crippen LogP contribution in [0.2, 0.25) is 5.02 Å². The Morgan fingerprint density at radius 3 is 2.71 bits per heavy atom. The number of furan rings is 1. The van der Waals surface area contributed by atoms with Crippen molar-refractivity contribution in [3.05, 3.63) is 52.7 Å². The summed E-state index contributed by atoms with van der Waals surface area (Å²) in [6.45, 7) is 3.41. The van der Waals surface area contributed by atoms with E-state index < -0.39 is 10.0 Å². The Morgan fingerprint density at radius 1 is 1.19 bits per heavy atom. The van der Waals surface area contributed by atoms with Gasteiger partial charge in [0.1, 0.15) is 5.76 Å². The fourth-order valence-corrected chi connectivity index (χ4v) is 2.92. The van der Waals surface area contributed by atoms with Crippen LogP contribution in [0.4, 0.5) is 0 Å². The van der Waals surface area contributed by atoms with E-state index in [2.05, 4.69) is 10.0 Å². The molecular formula is C14H17ClN2O3S. The zero-order valence-electron chi connectivity index (χ0n) is 11.6. The monoisotopic (exact) mass is 328 g/mol. The van der Waals surface area contributed by atoms with E-state index in [0.717, 1.165) is 12.1 Å². The van der Waals surface area contributed by atoms with Crippen LogP contribution in [-0.2, 0) is 23.1 Å². The first-order valence-corrected chi connectivity index (χ1v) is 8.41. The molecule has 1 heterocycles. The van der Waals surface area contributed by atoms with Gasteiger partial charge in [-0.2, -0.15) is 0 Å². The molecule has 1 aromatic carbocycles. The Labute approximate surface area is 129 Å². The predicted octanol–water partition coefficient (Wildman–Crippen LogP) is 2.52. The van der Waals surface area contributed by atoms with E-state index >= 15 is 0 Å². The number of sulfonamides is 1. The van der Waals surface area contributed by atoms with Gasteiger partial charge in [0.15, 0.2) is 0 Å². The Kier molecular flexibility index (Phi) is 5.41. The molecule has 2 rings (SSSR count). The predicted molar refractivity (Wildman–Crippen MR) is 81.6 cm³/mol. The minimum Gasteiger partial charge on any atom is -0.447 e. The van der Waals surface area contributed by atoms with Crippen molar-refractivity contribution in [2.45, 2.75) is 25.1 Å². The molecule has 7 heteroatoms. The van der Waals surface area contributed by atoms with Crippen molar-refractivity contribution in [3.63, 3.8) is 0 Å². The van der Waals surface area contributed by atoms with Gasteiger partial charge in [-0.1, -0.05) is 30.7 Å². The van der Waals surface area contributed by atoms with Gasteiger partial charge in [0.05, 0.1) is 6.54 Å². The lowest BCUT2D eigenvalue weighted by Crippen LogP contribution is -2.22. The quantitative estimate of drug-likeness (QED) is 0.819. The smallest absolute Gasteiger partial charge is 0.274 e. The molecule has 2 N–H and O–H groups in total. The zero-order chi connectivity index (χ0) is 15.3. The molecule has 0 saturated heterocycles. The summed E-state index contributed by atoms with van der Waals surface area (Å²) >= 11 is 5.86. The number of rotatable bonds is 7. The summed E-state index contributed by atoms with van der Waals surface area (Å²) in [5.41, 5.74) is 0.783. The lowest BCUT2D eigenvalue weighted by molar-refractivity contribution is 0.401. The summed E-state index contributed by atoms with van der Waals surface area (Å²) < 4.78 is 32.0. The summed E-state index contributed by atoms with van der Waals surface area (Å²) in [5, 5.41) is 3.55. The molecule has 0 atom stereocenters. The van der Waals surface area contributed by atoms with Crippen LogP contribution >= 0.6 is 11.6 Å². The third kappa shape index (κ3) is 4.57. The van der Waals surface area contributed by atoms with Crippen molar-refractivity contribution in [2.75, 3.05) is 6.54 Å². The SMILES string of the molecule is CCNCc1ccc(S(=O)(=O)NCc2cccc(Cl)c2)o1. The maximum atomic E-state index is 12.1. The molecule has 114 valence electrons. The molecule has 0 aliphatic carbocycles. The fraction of sp³-hybridized carbons (Fsp3) is 0.286. The molecule has 0 unspecified atom stereocenters. The minimum absolute atomic E-state index is 0.0857. The summed E-state index contributed by atoms with van der Waals surface area (Å²) in [6.07, 6.45) is 0. The molecule has 21 heavy (non-hydrogen) atoms. The van der Waals surface area contributed by atoms with E-state index in [0.29, 0.717) is 17.3 Å². The highest BCUT2D eigenvalue weighted by molar-refractivity contribution is 7.89. The Morgan fingerprint density at radius 2 is 2.00 bits per heavy atom. The standard InChI is InChI=1S/C14H17ClN2O3S/c1-2-16-10-13-6-7-14(20-13)21(18,19)17-9-11-4-3-5-12(15)8-11/h3-8,16-17H,2,9-10H2,1H3. The topological polar surface area (TPSA) is 71.3 Å². The normalized spacial score (nSPS) is 11.7. The Balaban J connectivity index is 2.02. The third-order valence-corrected chi connectivity index (χ3v) is 4.32. The number of hydrogen-bond donors (Lipinski definition) is 2. The number of hydrogen-bond acceptors (Lipinski definition) is 4. The second-order valence-corrected chi connectivity index (χ2v) is 6.59. The number of benzene rings is 1. The van der Waals surface area contributed by atoms with Gasteiger partial charge in [-0.05, 0) is 36.4 Å². The van der Waals surface area contributed by atoms with Gasteiger partial charge < -0.3 is 9.73 Å². The van der Waals surface area contributed by atoms with Crippen molar-refractivity contribution < 1.29 is 12.8 Å². The van der Waals surface area contributed by atoms with Crippen molar-refractivity contribution in [2.24, 2.45) is 0 Å².